The predicted octanol–water partition coefficient (Wildman–Crippen LogP) is 2.71. The Balaban J connectivity index is 1.46. The third kappa shape index (κ3) is 3.73. The maximum Gasteiger partial charge on any atom is 0.276 e. The highest BCUT2D eigenvalue weighted by Gasteiger charge is 2.22. The normalized spacial score (nSPS) is 14.8. The molecule has 0 amide bonds. The average Bonchev–Trinajstić information content (AvgIpc) is 2.98. The number of nitrogens with zero attached hydrogens (tertiary/aromatic N) is 5. The highest BCUT2D eigenvalue weighted by atomic mass is 16.6. The van der Waals surface area contributed by atoms with E-state index >= 15 is 0 Å². The van der Waals surface area contributed by atoms with E-state index in [4.69, 9.17) is 0 Å². The molecule has 2 heterocycles. The first kappa shape index (κ1) is 19.9. The molecule has 0 spiro atoms. The Morgan fingerprint density at radius 1 is 0.933 bits per heavy atom. The summed E-state index contributed by atoms with van der Waals surface area (Å²) in [5, 5.41) is 10.8. The van der Waals surface area contributed by atoms with Gasteiger partial charge in [0.05, 0.1) is 16.2 Å². The average molecular weight is 407 g/mol. The van der Waals surface area contributed by atoms with Gasteiger partial charge < -0.3 is 4.90 Å². The van der Waals surface area contributed by atoms with Crippen LogP contribution in [0.4, 0.5) is 11.4 Å². The highest BCUT2D eigenvalue weighted by Crippen LogP contribution is 2.21. The van der Waals surface area contributed by atoms with Crippen LogP contribution in [0.25, 0.3) is 5.69 Å². The van der Waals surface area contributed by atoms with Crippen molar-refractivity contribution in [2.75, 3.05) is 31.1 Å². The van der Waals surface area contributed by atoms with Crippen LogP contribution in [0, 0.1) is 17.0 Å². The van der Waals surface area contributed by atoms with Gasteiger partial charge in [-0.05, 0) is 31.2 Å². The minimum absolute atomic E-state index is 0.0269. The van der Waals surface area contributed by atoms with Crippen LogP contribution in [-0.4, -0.2) is 45.4 Å². The van der Waals surface area contributed by atoms with Crippen LogP contribution in [-0.2, 0) is 13.6 Å². The van der Waals surface area contributed by atoms with E-state index < -0.39 is 0 Å². The second-order valence-corrected chi connectivity index (χ2v) is 7.58. The molecule has 3 aromatic rings. The van der Waals surface area contributed by atoms with Gasteiger partial charge in [0.25, 0.3) is 11.2 Å². The van der Waals surface area contributed by atoms with Crippen LogP contribution < -0.4 is 10.5 Å². The Morgan fingerprint density at radius 3 is 2.17 bits per heavy atom. The standard InChI is InChI=1S/C22H25N5O3/c1-17-21(22(28)26(23(17)2)19-6-4-3-5-7-19)16-24-12-14-25(15-13-24)18-8-10-20(11-9-18)27(29)30/h3-11H,12-16H2,1-2H3. The minimum atomic E-state index is -0.383. The molecule has 156 valence electrons. The third-order valence-electron chi connectivity index (χ3n) is 5.85. The van der Waals surface area contributed by atoms with E-state index in [1.165, 1.54) is 0 Å². The number of aromatic nitrogens is 2. The first-order valence-electron chi connectivity index (χ1n) is 10.0. The number of anilines is 1. The quantitative estimate of drug-likeness (QED) is 0.480. The fourth-order valence-corrected chi connectivity index (χ4v) is 3.98. The molecule has 1 aromatic heterocycles. The van der Waals surface area contributed by atoms with Crippen LogP contribution >= 0.6 is 0 Å². The molecule has 4 rings (SSSR count). The summed E-state index contributed by atoms with van der Waals surface area (Å²) in [5.74, 6) is 0. The van der Waals surface area contributed by atoms with Gasteiger partial charge in [-0.15, -0.1) is 0 Å². The second-order valence-electron chi connectivity index (χ2n) is 7.58. The van der Waals surface area contributed by atoms with E-state index in [2.05, 4.69) is 9.80 Å². The molecule has 1 aliphatic rings. The molecule has 0 N–H and O–H groups in total. The van der Waals surface area contributed by atoms with Crippen molar-refractivity contribution in [3.05, 3.63) is 86.3 Å². The molecule has 30 heavy (non-hydrogen) atoms. The molecule has 0 unspecified atom stereocenters. The molecule has 1 saturated heterocycles. The maximum atomic E-state index is 13.1. The molecule has 0 bridgehead atoms. The van der Waals surface area contributed by atoms with Crippen LogP contribution in [0.15, 0.2) is 59.4 Å². The Bertz CT molecular complexity index is 1090. The molecule has 2 aromatic carbocycles. The lowest BCUT2D eigenvalue weighted by Crippen LogP contribution is -2.46. The topological polar surface area (TPSA) is 76.6 Å². The Hall–Kier alpha value is -3.39. The van der Waals surface area contributed by atoms with Gasteiger partial charge >= 0.3 is 0 Å². The SMILES string of the molecule is Cc1c(CN2CCN(c3ccc([N+](=O)[O-])cc3)CC2)c(=O)n(-c2ccccc2)n1C. The molecule has 8 nitrogen and oxygen atoms in total. The summed E-state index contributed by atoms with van der Waals surface area (Å²) in [6, 6.07) is 16.4. The van der Waals surface area contributed by atoms with Crippen molar-refractivity contribution < 1.29 is 4.92 Å². The van der Waals surface area contributed by atoms with Gasteiger partial charge in [-0.3, -0.25) is 24.5 Å². The monoisotopic (exact) mass is 407 g/mol. The van der Waals surface area contributed by atoms with Crippen molar-refractivity contribution in [2.45, 2.75) is 13.5 Å². The number of hydrogen-bond donors (Lipinski definition) is 0. The largest absolute Gasteiger partial charge is 0.369 e. The number of nitro benzene ring substituents is 1. The molecule has 0 radical (unpaired) electrons. The minimum Gasteiger partial charge on any atom is -0.369 e. The number of nitro groups is 1. The van der Waals surface area contributed by atoms with Gasteiger partial charge in [0.2, 0.25) is 0 Å². The third-order valence-corrected chi connectivity index (χ3v) is 5.85. The van der Waals surface area contributed by atoms with E-state index in [1.54, 1.807) is 28.9 Å². The van der Waals surface area contributed by atoms with Gasteiger partial charge in [-0.25, -0.2) is 4.68 Å². The van der Waals surface area contributed by atoms with E-state index in [9.17, 15) is 14.9 Å². The fourth-order valence-electron chi connectivity index (χ4n) is 3.98. The Labute approximate surface area is 174 Å². The number of non-ortho nitro benzene ring substituents is 1. The molecular weight excluding hydrogens is 382 g/mol. The van der Waals surface area contributed by atoms with Crippen LogP contribution in [0.1, 0.15) is 11.3 Å². The lowest BCUT2D eigenvalue weighted by Gasteiger charge is -2.35. The molecule has 1 fully saturated rings. The molecular formula is C22H25N5O3. The van der Waals surface area contributed by atoms with Crippen molar-refractivity contribution in [1.82, 2.24) is 14.3 Å². The molecule has 8 heteroatoms. The zero-order valence-corrected chi connectivity index (χ0v) is 17.2. The Kier molecular flexibility index (Phi) is 5.41. The summed E-state index contributed by atoms with van der Waals surface area (Å²) < 4.78 is 3.64. The van der Waals surface area contributed by atoms with E-state index in [0.717, 1.165) is 48.8 Å². The van der Waals surface area contributed by atoms with Gasteiger partial charge in [-0.1, -0.05) is 18.2 Å². The maximum absolute atomic E-state index is 13.1. The highest BCUT2D eigenvalue weighted by molar-refractivity contribution is 5.51. The van der Waals surface area contributed by atoms with Crippen molar-refractivity contribution >= 4 is 11.4 Å². The van der Waals surface area contributed by atoms with Gasteiger partial charge in [0, 0.05) is 63.3 Å². The van der Waals surface area contributed by atoms with E-state index in [0.29, 0.717) is 6.54 Å². The number of piperazine rings is 1. The fraction of sp³-hybridized carbons (Fsp3) is 0.318. The Morgan fingerprint density at radius 2 is 1.57 bits per heavy atom. The van der Waals surface area contributed by atoms with E-state index in [1.807, 2.05) is 49.0 Å². The first-order valence-corrected chi connectivity index (χ1v) is 10.0. The van der Waals surface area contributed by atoms with Crippen LogP contribution in [0.5, 0.6) is 0 Å². The summed E-state index contributed by atoms with van der Waals surface area (Å²) in [7, 11) is 1.92. The molecule has 0 atom stereocenters. The van der Waals surface area contributed by atoms with Crippen LogP contribution in [0.2, 0.25) is 0 Å². The lowest BCUT2D eigenvalue weighted by atomic mass is 10.2. The number of para-hydroxylation sites is 1. The summed E-state index contributed by atoms with van der Waals surface area (Å²) in [4.78, 5) is 28.1. The van der Waals surface area contributed by atoms with E-state index in [-0.39, 0.29) is 16.2 Å². The zero-order chi connectivity index (χ0) is 21.3. The second kappa shape index (κ2) is 8.16. The van der Waals surface area contributed by atoms with Crippen molar-refractivity contribution in [2.24, 2.45) is 7.05 Å². The summed E-state index contributed by atoms with van der Waals surface area (Å²) >= 11 is 0. The predicted molar refractivity (Wildman–Crippen MR) is 116 cm³/mol. The summed E-state index contributed by atoms with van der Waals surface area (Å²) in [6.45, 7) is 5.90. The van der Waals surface area contributed by atoms with Crippen molar-refractivity contribution in [1.29, 1.82) is 0 Å². The molecule has 1 aliphatic heterocycles. The summed E-state index contributed by atoms with van der Waals surface area (Å²) in [5.41, 5.74) is 3.78. The van der Waals surface area contributed by atoms with Gasteiger partial charge in [0.15, 0.2) is 0 Å². The van der Waals surface area contributed by atoms with Gasteiger partial charge in [0.1, 0.15) is 0 Å². The number of rotatable bonds is 5. The van der Waals surface area contributed by atoms with Gasteiger partial charge in [-0.2, -0.15) is 0 Å². The van der Waals surface area contributed by atoms with Crippen molar-refractivity contribution in [3.63, 3.8) is 0 Å². The van der Waals surface area contributed by atoms with Crippen LogP contribution in [0.3, 0.4) is 0 Å². The lowest BCUT2D eigenvalue weighted by molar-refractivity contribution is -0.384. The summed E-state index contributed by atoms with van der Waals surface area (Å²) in [6.07, 6.45) is 0. The number of benzene rings is 2. The van der Waals surface area contributed by atoms with Crippen molar-refractivity contribution in [3.8, 4) is 5.69 Å². The first-order chi connectivity index (χ1) is 14.5. The molecule has 0 saturated carbocycles. The number of hydrogen-bond acceptors (Lipinski definition) is 5. The molecule has 0 aliphatic carbocycles. The zero-order valence-electron chi connectivity index (χ0n) is 17.2. The smallest absolute Gasteiger partial charge is 0.276 e.